The van der Waals surface area contributed by atoms with Crippen LogP contribution < -0.4 is 10.2 Å². The molecular weight excluding hydrogens is 519 g/mol. The van der Waals surface area contributed by atoms with Crippen molar-refractivity contribution in [2.24, 2.45) is 7.05 Å². The summed E-state index contributed by atoms with van der Waals surface area (Å²) in [6, 6.07) is 18.2. The third kappa shape index (κ3) is 4.97. The van der Waals surface area contributed by atoms with Crippen molar-refractivity contribution in [1.29, 1.82) is 10.5 Å². The first kappa shape index (κ1) is 26.4. The fourth-order valence-corrected chi connectivity index (χ4v) is 4.81. The van der Waals surface area contributed by atoms with Gasteiger partial charge in [0.05, 0.1) is 29.8 Å². The Balaban J connectivity index is 1.64. The van der Waals surface area contributed by atoms with Gasteiger partial charge < -0.3 is 14.8 Å². The van der Waals surface area contributed by atoms with E-state index in [0.717, 1.165) is 6.07 Å². The Morgan fingerprint density at radius 2 is 1.88 bits per heavy atom. The summed E-state index contributed by atoms with van der Waals surface area (Å²) in [7, 11) is 1.79. The van der Waals surface area contributed by atoms with E-state index in [0.29, 0.717) is 58.8 Å². The number of halogens is 3. The molecule has 11 heteroatoms. The number of nitrogens with one attached hydrogen (secondary N) is 1. The lowest BCUT2D eigenvalue weighted by Gasteiger charge is -2.20. The number of alkyl halides is 3. The lowest BCUT2D eigenvalue weighted by molar-refractivity contribution is -0.138. The van der Waals surface area contributed by atoms with E-state index in [9.17, 15) is 23.2 Å². The molecule has 0 fully saturated rings. The van der Waals surface area contributed by atoms with Gasteiger partial charge in [0.1, 0.15) is 6.33 Å². The van der Waals surface area contributed by atoms with Crippen LogP contribution in [0, 0.1) is 22.7 Å². The van der Waals surface area contributed by atoms with Crippen LogP contribution in [0.1, 0.15) is 39.9 Å². The molecule has 1 amide bonds. The molecule has 0 atom stereocenters. The van der Waals surface area contributed by atoms with Gasteiger partial charge in [-0.2, -0.15) is 23.7 Å². The maximum atomic E-state index is 13.7. The van der Waals surface area contributed by atoms with Gasteiger partial charge in [-0.05, 0) is 71.6 Å². The Kier molecular flexibility index (Phi) is 6.97. The molecule has 2 heterocycles. The Morgan fingerprint density at radius 3 is 2.58 bits per heavy atom. The molecule has 4 aromatic rings. The number of fused-ring (bicyclic) bond motifs is 1. The standard InChI is InChI=1S/C29H22F3N7O/c1-38-17-36-37-27(38)22-8-7-18(15-34)11-24(22)19-12-20(35-10-3-2-9-33)14-21(13-19)39-16-25-23(28(39)40)5-4-6-26(25)29(30,31)32/h4-8,11-14,17,35H,2-3,10,16H2,1H3. The molecule has 3 aromatic carbocycles. The molecule has 0 unspecified atom stereocenters. The lowest BCUT2D eigenvalue weighted by Crippen LogP contribution is -2.23. The van der Waals surface area contributed by atoms with E-state index < -0.39 is 17.6 Å². The summed E-state index contributed by atoms with van der Waals surface area (Å²) in [6.45, 7) is 0.229. The van der Waals surface area contributed by atoms with E-state index in [-0.39, 0.29) is 17.7 Å². The van der Waals surface area contributed by atoms with Crippen molar-refractivity contribution in [2.75, 3.05) is 16.8 Å². The first-order chi connectivity index (χ1) is 19.2. The Labute approximate surface area is 227 Å². The predicted octanol–water partition coefficient (Wildman–Crippen LogP) is 5.92. The molecule has 0 saturated carbocycles. The Morgan fingerprint density at radius 1 is 1.05 bits per heavy atom. The number of hydrogen-bond acceptors (Lipinski definition) is 6. The minimum absolute atomic E-state index is 0.00927. The van der Waals surface area contributed by atoms with E-state index >= 15 is 0 Å². The van der Waals surface area contributed by atoms with E-state index in [4.69, 9.17) is 5.26 Å². The number of nitriles is 2. The van der Waals surface area contributed by atoms with Crippen molar-refractivity contribution in [1.82, 2.24) is 14.8 Å². The molecule has 0 saturated heterocycles. The number of unbranched alkanes of at least 4 members (excludes halogenated alkanes) is 1. The number of aryl methyl sites for hydroxylation is 1. The largest absolute Gasteiger partial charge is 0.416 e. The van der Waals surface area contributed by atoms with E-state index in [1.54, 1.807) is 48.3 Å². The van der Waals surface area contributed by atoms with Gasteiger partial charge in [0.15, 0.2) is 5.82 Å². The average Bonchev–Trinajstić information content (AvgIpc) is 3.52. The maximum Gasteiger partial charge on any atom is 0.416 e. The van der Waals surface area contributed by atoms with Gasteiger partial charge in [-0.3, -0.25) is 4.79 Å². The van der Waals surface area contributed by atoms with Crippen molar-refractivity contribution >= 4 is 17.3 Å². The second-order valence-electron chi connectivity index (χ2n) is 9.32. The van der Waals surface area contributed by atoms with Crippen LogP contribution in [-0.2, 0) is 19.8 Å². The normalized spacial score (nSPS) is 12.7. The number of amides is 1. The van der Waals surface area contributed by atoms with Crippen molar-refractivity contribution in [3.8, 4) is 34.7 Å². The number of nitrogens with zero attached hydrogens (tertiary/aromatic N) is 6. The van der Waals surface area contributed by atoms with Crippen LogP contribution >= 0.6 is 0 Å². The molecule has 0 radical (unpaired) electrons. The minimum Gasteiger partial charge on any atom is -0.385 e. The van der Waals surface area contributed by atoms with Crippen LogP contribution in [-0.4, -0.2) is 27.2 Å². The van der Waals surface area contributed by atoms with Gasteiger partial charge in [0.2, 0.25) is 0 Å². The summed E-state index contributed by atoms with van der Waals surface area (Å²) in [6.07, 6.45) is -2.12. The molecule has 1 aliphatic rings. The first-order valence-electron chi connectivity index (χ1n) is 12.4. The fraction of sp³-hybridized carbons (Fsp3) is 0.207. The highest BCUT2D eigenvalue weighted by atomic mass is 19.4. The molecule has 1 aromatic heterocycles. The smallest absolute Gasteiger partial charge is 0.385 e. The van der Waals surface area contributed by atoms with Crippen molar-refractivity contribution in [2.45, 2.75) is 25.6 Å². The van der Waals surface area contributed by atoms with Crippen LogP contribution in [0.5, 0.6) is 0 Å². The molecule has 1 N–H and O–H groups in total. The zero-order chi connectivity index (χ0) is 28.4. The number of hydrogen-bond donors (Lipinski definition) is 1. The van der Waals surface area contributed by atoms with Gasteiger partial charge in [-0.1, -0.05) is 6.07 Å². The molecule has 0 spiro atoms. The number of benzene rings is 3. The van der Waals surface area contributed by atoms with Gasteiger partial charge >= 0.3 is 6.18 Å². The van der Waals surface area contributed by atoms with Gasteiger partial charge in [0.25, 0.3) is 5.91 Å². The fourth-order valence-electron chi connectivity index (χ4n) is 4.81. The lowest BCUT2D eigenvalue weighted by atomic mass is 9.95. The third-order valence-corrected chi connectivity index (χ3v) is 6.71. The summed E-state index contributed by atoms with van der Waals surface area (Å²) in [5.41, 5.74) is 2.44. The summed E-state index contributed by atoms with van der Waals surface area (Å²) in [4.78, 5) is 14.7. The summed E-state index contributed by atoms with van der Waals surface area (Å²) >= 11 is 0. The zero-order valence-electron chi connectivity index (χ0n) is 21.3. The molecule has 0 aliphatic carbocycles. The maximum absolute atomic E-state index is 13.7. The quantitative estimate of drug-likeness (QED) is 0.291. The van der Waals surface area contributed by atoms with Crippen LogP contribution in [0.2, 0.25) is 0 Å². The topological polar surface area (TPSA) is 111 Å². The van der Waals surface area contributed by atoms with Crippen molar-refractivity contribution in [3.63, 3.8) is 0 Å². The Bertz CT molecular complexity index is 1700. The number of anilines is 2. The van der Waals surface area contributed by atoms with Crippen LogP contribution in [0.15, 0.2) is 60.9 Å². The number of carbonyl (C=O) groups is 1. The Hall–Kier alpha value is -5.16. The molecular formula is C29H22F3N7O. The first-order valence-corrected chi connectivity index (χ1v) is 12.4. The summed E-state index contributed by atoms with van der Waals surface area (Å²) in [5, 5.41) is 29.9. The molecule has 200 valence electrons. The summed E-state index contributed by atoms with van der Waals surface area (Å²) in [5.74, 6) is 0.0147. The van der Waals surface area contributed by atoms with E-state index in [2.05, 4.69) is 27.7 Å². The summed E-state index contributed by atoms with van der Waals surface area (Å²) < 4.78 is 42.9. The number of aromatic nitrogens is 3. The number of carbonyl (C=O) groups excluding carboxylic acids is 1. The van der Waals surface area contributed by atoms with Crippen LogP contribution in [0.3, 0.4) is 0 Å². The predicted molar refractivity (Wildman–Crippen MR) is 142 cm³/mol. The average molecular weight is 542 g/mol. The zero-order valence-corrected chi connectivity index (χ0v) is 21.3. The SMILES string of the molecule is Cn1cnnc1-c1ccc(C#N)cc1-c1cc(NCCCC#N)cc(N2Cc3c(cccc3C(F)(F)F)C2=O)c1. The highest BCUT2D eigenvalue weighted by Crippen LogP contribution is 2.41. The van der Waals surface area contributed by atoms with Crippen molar-refractivity contribution < 1.29 is 18.0 Å². The van der Waals surface area contributed by atoms with Crippen LogP contribution in [0.25, 0.3) is 22.5 Å². The van der Waals surface area contributed by atoms with E-state index in [1.165, 1.54) is 17.0 Å². The van der Waals surface area contributed by atoms with Gasteiger partial charge in [0, 0.05) is 42.5 Å². The van der Waals surface area contributed by atoms with Crippen LogP contribution in [0.4, 0.5) is 24.5 Å². The van der Waals surface area contributed by atoms with Gasteiger partial charge in [-0.15, -0.1) is 10.2 Å². The minimum atomic E-state index is -4.60. The second kappa shape index (κ2) is 10.5. The number of rotatable bonds is 7. The van der Waals surface area contributed by atoms with E-state index in [1.807, 2.05) is 6.07 Å². The van der Waals surface area contributed by atoms with Gasteiger partial charge in [-0.25, -0.2) is 0 Å². The monoisotopic (exact) mass is 541 g/mol. The highest BCUT2D eigenvalue weighted by Gasteiger charge is 2.39. The second-order valence-corrected chi connectivity index (χ2v) is 9.32. The molecule has 0 bridgehead atoms. The van der Waals surface area contributed by atoms with Crippen molar-refractivity contribution in [3.05, 3.63) is 83.2 Å². The molecule has 40 heavy (non-hydrogen) atoms. The molecule has 8 nitrogen and oxygen atoms in total. The molecule has 5 rings (SSSR count). The molecule has 1 aliphatic heterocycles. The third-order valence-electron chi connectivity index (χ3n) is 6.71. The highest BCUT2D eigenvalue weighted by molar-refractivity contribution is 6.11.